The zero-order chi connectivity index (χ0) is 27.3. The van der Waals surface area contributed by atoms with E-state index in [4.69, 9.17) is 9.47 Å². The third-order valence-corrected chi connectivity index (χ3v) is 6.46. The molecule has 37 heavy (non-hydrogen) atoms. The summed E-state index contributed by atoms with van der Waals surface area (Å²) in [6, 6.07) is 8.79. The molecule has 0 unspecified atom stereocenters. The number of benzene rings is 1. The zero-order valence-electron chi connectivity index (χ0n) is 20.4. The molecule has 0 fully saturated rings. The summed E-state index contributed by atoms with van der Waals surface area (Å²) in [6.45, 7) is 4.92. The van der Waals surface area contributed by atoms with Crippen LogP contribution < -0.4 is 10.2 Å². The number of alkyl halides is 3. The molecule has 0 radical (unpaired) electrons. The zero-order valence-corrected chi connectivity index (χ0v) is 22.0. The highest BCUT2D eigenvalue weighted by Crippen LogP contribution is 2.32. The molecular weight excluding hydrogens is 555 g/mol. The van der Waals surface area contributed by atoms with Crippen LogP contribution in [-0.4, -0.2) is 35.4 Å². The first kappa shape index (κ1) is 27.9. The van der Waals surface area contributed by atoms with Gasteiger partial charge in [0.1, 0.15) is 11.6 Å². The number of hydrazone groups is 1. The lowest BCUT2D eigenvalue weighted by molar-refractivity contribution is -0.137. The fourth-order valence-electron chi connectivity index (χ4n) is 3.69. The third kappa shape index (κ3) is 6.36. The summed E-state index contributed by atoms with van der Waals surface area (Å²) in [5.41, 5.74) is 5.17. The van der Waals surface area contributed by atoms with Crippen LogP contribution >= 0.6 is 15.9 Å². The molecule has 1 N–H and O–H groups in total. The van der Waals surface area contributed by atoms with Crippen molar-refractivity contribution in [2.24, 2.45) is 5.10 Å². The van der Waals surface area contributed by atoms with Crippen molar-refractivity contribution >= 4 is 28.1 Å². The number of hydrogen-bond donors (Lipinski definition) is 1. The Hall–Kier alpha value is -3.69. The van der Waals surface area contributed by atoms with Gasteiger partial charge in [-0.15, -0.1) is 0 Å². The monoisotopic (exact) mass is 577 g/mol. The molecule has 3 rings (SSSR count). The summed E-state index contributed by atoms with van der Waals surface area (Å²) in [7, 11) is 1.49. The van der Waals surface area contributed by atoms with E-state index in [-0.39, 0.29) is 18.1 Å². The van der Waals surface area contributed by atoms with Gasteiger partial charge in [0.25, 0.3) is 5.91 Å². The number of carbonyl (C=O) groups is 1. The second-order valence-electron chi connectivity index (χ2n) is 8.01. The van der Waals surface area contributed by atoms with Crippen LogP contribution in [0.3, 0.4) is 0 Å². The fraction of sp³-hybridized carbons (Fsp3) is 0.280. The van der Waals surface area contributed by atoms with Crippen molar-refractivity contribution in [2.45, 2.75) is 33.6 Å². The van der Waals surface area contributed by atoms with E-state index in [0.29, 0.717) is 38.4 Å². The molecule has 0 aliphatic carbocycles. The lowest BCUT2D eigenvalue weighted by Crippen LogP contribution is -2.25. The quantitative estimate of drug-likeness (QED) is 0.295. The van der Waals surface area contributed by atoms with Crippen molar-refractivity contribution in [1.29, 1.82) is 5.26 Å². The maximum absolute atomic E-state index is 13.1. The van der Waals surface area contributed by atoms with Gasteiger partial charge in [0, 0.05) is 39.8 Å². The SMILES string of the molecule is COCc1c(Br)c(C)nc(OCC(=O)N/N=C/c2cc(C)n(-c3cccc(C(F)(F)F)c3)c2C)c1C#N. The predicted octanol–water partition coefficient (Wildman–Crippen LogP) is 5.13. The molecule has 8 nitrogen and oxygen atoms in total. The second kappa shape index (κ2) is 11.6. The molecule has 0 atom stereocenters. The van der Waals surface area contributed by atoms with E-state index < -0.39 is 24.3 Å². The van der Waals surface area contributed by atoms with Crippen LogP contribution in [0.2, 0.25) is 0 Å². The number of aromatic nitrogens is 2. The molecule has 2 heterocycles. The van der Waals surface area contributed by atoms with E-state index in [9.17, 15) is 23.2 Å². The molecule has 1 amide bonds. The summed E-state index contributed by atoms with van der Waals surface area (Å²) >= 11 is 3.38. The number of nitrogens with zero attached hydrogens (tertiary/aromatic N) is 4. The minimum Gasteiger partial charge on any atom is -0.467 e. The Bertz CT molecular complexity index is 1390. The fourth-order valence-corrected chi connectivity index (χ4v) is 4.09. The number of pyridine rings is 1. The van der Waals surface area contributed by atoms with Crippen LogP contribution in [0.25, 0.3) is 5.69 Å². The van der Waals surface area contributed by atoms with Crippen LogP contribution in [0.15, 0.2) is 39.9 Å². The normalized spacial score (nSPS) is 11.5. The average molecular weight is 578 g/mol. The molecule has 0 saturated heterocycles. The van der Waals surface area contributed by atoms with Gasteiger partial charge in [0.15, 0.2) is 6.61 Å². The molecule has 2 aromatic heterocycles. The van der Waals surface area contributed by atoms with Gasteiger partial charge in [-0.3, -0.25) is 4.79 Å². The Kier molecular flexibility index (Phi) is 8.73. The Morgan fingerprint density at radius 3 is 2.68 bits per heavy atom. The number of nitrogens with one attached hydrogen (secondary N) is 1. The van der Waals surface area contributed by atoms with Crippen molar-refractivity contribution < 1.29 is 27.4 Å². The van der Waals surface area contributed by atoms with Crippen molar-refractivity contribution in [3.8, 4) is 17.6 Å². The first-order valence-electron chi connectivity index (χ1n) is 10.9. The molecule has 1 aromatic carbocycles. The van der Waals surface area contributed by atoms with Gasteiger partial charge >= 0.3 is 6.18 Å². The van der Waals surface area contributed by atoms with Gasteiger partial charge in [-0.25, -0.2) is 10.4 Å². The van der Waals surface area contributed by atoms with Crippen LogP contribution in [0.1, 0.15) is 39.3 Å². The Morgan fingerprint density at radius 1 is 1.30 bits per heavy atom. The summed E-state index contributed by atoms with van der Waals surface area (Å²) in [5.74, 6) is -0.596. The lowest BCUT2D eigenvalue weighted by atomic mass is 10.1. The standard InChI is InChI=1S/C25H23BrF3N5O3/c1-14-8-17(16(3)34(14)19-7-5-6-18(9-19)25(27,28)29)11-31-33-22(35)13-37-24-20(10-30)21(12-36-4)23(26)15(2)32-24/h5-9,11H,12-13H2,1-4H3,(H,33,35)/b31-11+. The van der Waals surface area contributed by atoms with Crippen LogP contribution in [0.4, 0.5) is 13.2 Å². The molecule has 3 aromatic rings. The number of methoxy groups -OCH3 is 1. The van der Waals surface area contributed by atoms with Crippen molar-refractivity contribution in [3.63, 3.8) is 0 Å². The summed E-state index contributed by atoms with van der Waals surface area (Å²) in [5, 5.41) is 13.5. The summed E-state index contributed by atoms with van der Waals surface area (Å²) < 4.78 is 52.3. The third-order valence-electron chi connectivity index (χ3n) is 5.40. The first-order valence-corrected chi connectivity index (χ1v) is 11.7. The van der Waals surface area contributed by atoms with Crippen molar-refractivity contribution in [2.75, 3.05) is 13.7 Å². The van der Waals surface area contributed by atoms with Gasteiger partial charge in [-0.1, -0.05) is 6.07 Å². The Morgan fingerprint density at radius 2 is 2.03 bits per heavy atom. The number of rotatable bonds is 8. The molecule has 0 spiro atoms. The van der Waals surface area contributed by atoms with E-state index >= 15 is 0 Å². The first-order chi connectivity index (χ1) is 17.5. The van der Waals surface area contributed by atoms with Gasteiger partial charge in [-0.05, 0) is 61.0 Å². The summed E-state index contributed by atoms with van der Waals surface area (Å²) in [4.78, 5) is 16.5. The van der Waals surface area contributed by atoms with Gasteiger partial charge in [0.2, 0.25) is 5.88 Å². The Balaban J connectivity index is 1.71. The average Bonchev–Trinajstić information content (AvgIpc) is 3.13. The van der Waals surface area contributed by atoms with Gasteiger partial charge in [-0.2, -0.15) is 23.5 Å². The van der Waals surface area contributed by atoms with E-state index in [2.05, 4.69) is 31.4 Å². The molecule has 0 bridgehead atoms. The molecule has 0 aliphatic heterocycles. The predicted molar refractivity (Wildman–Crippen MR) is 134 cm³/mol. The van der Waals surface area contributed by atoms with Gasteiger partial charge < -0.3 is 14.0 Å². The number of ether oxygens (including phenoxy) is 2. The number of amides is 1. The second-order valence-corrected chi connectivity index (χ2v) is 8.80. The topological polar surface area (TPSA) is 102 Å². The van der Waals surface area contributed by atoms with Gasteiger partial charge in [0.05, 0.1) is 24.1 Å². The van der Waals surface area contributed by atoms with Crippen molar-refractivity contribution in [3.05, 3.63) is 74.1 Å². The minimum atomic E-state index is -4.45. The summed E-state index contributed by atoms with van der Waals surface area (Å²) in [6.07, 6.45) is -3.06. The number of aryl methyl sites for hydroxylation is 2. The molecule has 0 aliphatic rings. The highest BCUT2D eigenvalue weighted by molar-refractivity contribution is 9.10. The number of hydrogen-bond acceptors (Lipinski definition) is 6. The Labute approximate surface area is 219 Å². The smallest absolute Gasteiger partial charge is 0.416 e. The van der Waals surface area contributed by atoms with E-state index in [1.807, 2.05) is 6.07 Å². The number of halogens is 4. The van der Waals surface area contributed by atoms with E-state index in [1.165, 1.54) is 19.4 Å². The van der Waals surface area contributed by atoms with Crippen LogP contribution in [0.5, 0.6) is 5.88 Å². The minimum absolute atomic E-state index is 0.000914. The lowest BCUT2D eigenvalue weighted by Gasteiger charge is -2.13. The van der Waals surface area contributed by atoms with Crippen LogP contribution in [0, 0.1) is 32.1 Å². The molecular formula is C25H23BrF3N5O3. The maximum Gasteiger partial charge on any atom is 0.416 e. The highest BCUT2D eigenvalue weighted by Gasteiger charge is 2.30. The van der Waals surface area contributed by atoms with Crippen LogP contribution in [-0.2, 0) is 22.3 Å². The number of carbonyl (C=O) groups excluding carboxylic acids is 1. The highest BCUT2D eigenvalue weighted by atomic mass is 79.9. The molecule has 194 valence electrons. The maximum atomic E-state index is 13.1. The molecule has 12 heteroatoms. The molecule has 0 saturated carbocycles. The van der Waals surface area contributed by atoms with E-state index in [1.54, 1.807) is 37.5 Å². The van der Waals surface area contributed by atoms with Crippen molar-refractivity contribution in [1.82, 2.24) is 15.0 Å². The van der Waals surface area contributed by atoms with E-state index in [0.717, 1.165) is 12.1 Å². The largest absolute Gasteiger partial charge is 0.467 e. The number of nitriles is 1.